The predicted molar refractivity (Wildman–Crippen MR) is 89.1 cm³/mol. The zero-order chi connectivity index (χ0) is 16.2. The van der Waals surface area contributed by atoms with Crippen LogP contribution < -0.4 is 10.6 Å². The van der Waals surface area contributed by atoms with Crippen molar-refractivity contribution in [3.05, 3.63) is 40.9 Å². The number of halogens is 1. The first-order chi connectivity index (χ1) is 11.1. The van der Waals surface area contributed by atoms with Gasteiger partial charge in [-0.1, -0.05) is 17.7 Å². The van der Waals surface area contributed by atoms with E-state index in [0.29, 0.717) is 23.3 Å². The maximum atomic E-state index is 11.9. The van der Waals surface area contributed by atoms with E-state index in [-0.39, 0.29) is 12.0 Å². The van der Waals surface area contributed by atoms with Gasteiger partial charge in [0.1, 0.15) is 6.10 Å². The molecular formula is C16H17ClN4O2. The standard InChI is InChI=1S/C16H17ClN4O2/c1-10-4-5-11(9-12(10)17)18-14-6-7-15(21-20-14)19-16(22)13-3-2-8-23-13/h4-7,9,13H,2-3,8H2,1H3,(H,18,20)(H,19,21,22). The van der Waals surface area contributed by atoms with Crippen LogP contribution in [0.25, 0.3) is 0 Å². The van der Waals surface area contributed by atoms with Gasteiger partial charge >= 0.3 is 0 Å². The summed E-state index contributed by atoms with van der Waals surface area (Å²) in [6, 6.07) is 9.10. The minimum atomic E-state index is -0.385. The smallest absolute Gasteiger partial charge is 0.254 e. The molecule has 1 aliphatic rings. The summed E-state index contributed by atoms with van der Waals surface area (Å²) in [5.41, 5.74) is 1.83. The van der Waals surface area contributed by atoms with Crippen LogP contribution in [0.5, 0.6) is 0 Å². The Kier molecular flexibility index (Phi) is 4.73. The molecule has 0 bridgehead atoms. The van der Waals surface area contributed by atoms with Crippen molar-refractivity contribution in [2.24, 2.45) is 0 Å². The molecule has 1 unspecified atom stereocenters. The first-order valence-corrected chi connectivity index (χ1v) is 7.79. The summed E-state index contributed by atoms with van der Waals surface area (Å²) in [6.45, 7) is 2.57. The van der Waals surface area contributed by atoms with E-state index in [9.17, 15) is 4.79 Å². The van der Waals surface area contributed by atoms with Crippen LogP contribution in [0, 0.1) is 6.92 Å². The van der Waals surface area contributed by atoms with Gasteiger partial charge in [0, 0.05) is 17.3 Å². The van der Waals surface area contributed by atoms with Gasteiger partial charge in [-0.25, -0.2) is 0 Å². The van der Waals surface area contributed by atoms with Crippen molar-refractivity contribution in [1.82, 2.24) is 10.2 Å². The zero-order valence-electron chi connectivity index (χ0n) is 12.7. The minimum Gasteiger partial charge on any atom is -0.368 e. The molecule has 2 aromatic rings. The summed E-state index contributed by atoms with van der Waals surface area (Å²) in [5.74, 6) is 0.792. The van der Waals surface area contributed by atoms with Gasteiger partial charge in [0.15, 0.2) is 11.6 Å². The van der Waals surface area contributed by atoms with Crippen LogP contribution in [0.1, 0.15) is 18.4 Å². The Morgan fingerprint density at radius 3 is 2.70 bits per heavy atom. The van der Waals surface area contributed by atoms with Gasteiger partial charge in [0.2, 0.25) is 0 Å². The van der Waals surface area contributed by atoms with Gasteiger partial charge in [-0.15, -0.1) is 10.2 Å². The third-order valence-corrected chi connectivity index (χ3v) is 3.99. The van der Waals surface area contributed by atoms with Gasteiger partial charge < -0.3 is 15.4 Å². The lowest BCUT2D eigenvalue weighted by molar-refractivity contribution is -0.124. The van der Waals surface area contributed by atoms with E-state index in [1.165, 1.54) is 0 Å². The first kappa shape index (κ1) is 15.7. The van der Waals surface area contributed by atoms with Gasteiger partial charge in [0.25, 0.3) is 5.91 Å². The van der Waals surface area contributed by atoms with Crippen molar-refractivity contribution in [3.63, 3.8) is 0 Å². The molecule has 7 heteroatoms. The third kappa shape index (κ3) is 3.97. The fourth-order valence-corrected chi connectivity index (χ4v) is 2.46. The molecule has 1 aliphatic heterocycles. The number of hydrogen-bond donors (Lipinski definition) is 2. The Bertz CT molecular complexity index is 700. The highest BCUT2D eigenvalue weighted by atomic mass is 35.5. The number of carbonyl (C=O) groups is 1. The van der Waals surface area contributed by atoms with Crippen LogP contribution in [-0.2, 0) is 9.53 Å². The SMILES string of the molecule is Cc1ccc(Nc2ccc(NC(=O)C3CCCO3)nn2)cc1Cl. The van der Waals surface area contributed by atoms with Crippen molar-refractivity contribution in [3.8, 4) is 0 Å². The quantitative estimate of drug-likeness (QED) is 0.898. The lowest BCUT2D eigenvalue weighted by Gasteiger charge is -2.10. The summed E-state index contributed by atoms with van der Waals surface area (Å²) < 4.78 is 5.33. The maximum Gasteiger partial charge on any atom is 0.254 e. The maximum absolute atomic E-state index is 11.9. The molecule has 23 heavy (non-hydrogen) atoms. The van der Waals surface area contributed by atoms with E-state index in [1.54, 1.807) is 12.1 Å². The van der Waals surface area contributed by atoms with Crippen LogP contribution in [0.4, 0.5) is 17.3 Å². The van der Waals surface area contributed by atoms with E-state index in [1.807, 2.05) is 25.1 Å². The van der Waals surface area contributed by atoms with Crippen LogP contribution in [0.2, 0.25) is 5.02 Å². The highest BCUT2D eigenvalue weighted by molar-refractivity contribution is 6.31. The van der Waals surface area contributed by atoms with E-state index in [0.717, 1.165) is 24.1 Å². The fraction of sp³-hybridized carbons (Fsp3) is 0.312. The topological polar surface area (TPSA) is 76.1 Å². The number of aromatic nitrogens is 2. The molecule has 0 spiro atoms. The number of nitrogens with one attached hydrogen (secondary N) is 2. The molecule has 1 atom stereocenters. The number of aryl methyl sites for hydroxylation is 1. The zero-order valence-corrected chi connectivity index (χ0v) is 13.4. The second kappa shape index (κ2) is 6.93. The monoisotopic (exact) mass is 332 g/mol. The van der Waals surface area contributed by atoms with Crippen LogP contribution in [0.3, 0.4) is 0 Å². The molecule has 1 amide bonds. The van der Waals surface area contributed by atoms with Gasteiger partial charge in [0.05, 0.1) is 0 Å². The average molecular weight is 333 g/mol. The highest BCUT2D eigenvalue weighted by Gasteiger charge is 2.23. The Balaban J connectivity index is 1.62. The van der Waals surface area contributed by atoms with Crippen molar-refractivity contribution in [2.45, 2.75) is 25.9 Å². The Labute approximate surface area is 139 Å². The molecule has 1 aromatic heterocycles. The number of benzene rings is 1. The third-order valence-electron chi connectivity index (χ3n) is 3.58. The van der Waals surface area contributed by atoms with Crippen LogP contribution in [-0.4, -0.2) is 28.8 Å². The molecule has 0 aliphatic carbocycles. The van der Waals surface area contributed by atoms with Gasteiger partial charge in [-0.05, 0) is 49.6 Å². The second-order valence-electron chi connectivity index (χ2n) is 5.38. The molecule has 0 radical (unpaired) electrons. The number of amides is 1. The van der Waals surface area contributed by atoms with E-state index in [2.05, 4.69) is 20.8 Å². The van der Waals surface area contributed by atoms with Crippen LogP contribution >= 0.6 is 11.6 Å². The first-order valence-electron chi connectivity index (χ1n) is 7.41. The number of hydrogen-bond acceptors (Lipinski definition) is 5. The Morgan fingerprint density at radius 2 is 2.04 bits per heavy atom. The normalized spacial score (nSPS) is 17.0. The lowest BCUT2D eigenvalue weighted by atomic mass is 10.2. The molecule has 6 nitrogen and oxygen atoms in total. The molecule has 120 valence electrons. The van der Waals surface area contributed by atoms with E-state index < -0.39 is 0 Å². The average Bonchev–Trinajstić information content (AvgIpc) is 3.07. The highest BCUT2D eigenvalue weighted by Crippen LogP contribution is 2.22. The van der Waals surface area contributed by atoms with E-state index >= 15 is 0 Å². The lowest BCUT2D eigenvalue weighted by Crippen LogP contribution is -2.27. The molecular weight excluding hydrogens is 316 g/mol. The number of nitrogens with zero attached hydrogens (tertiary/aromatic N) is 2. The van der Waals surface area contributed by atoms with Gasteiger partial charge in [-0.2, -0.15) is 0 Å². The number of rotatable bonds is 4. The molecule has 1 saturated heterocycles. The van der Waals surface area contributed by atoms with Crippen LogP contribution in [0.15, 0.2) is 30.3 Å². The van der Waals surface area contributed by atoms with Crippen molar-refractivity contribution in [1.29, 1.82) is 0 Å². The Morgan fingerprint density at radius 1 is 1.26 bits per heavy atom. The summed E-state index contributed by atoms with van der Waals surface area (Å²) >= 11 is 6.09. The molecule has 2 N–H and O–H groups in total. The van der Waals surface area contributed by atoms with Crippen molar-refractivity contribution < 1.29 is 9.53 Å². The van der Waals surface area contributed by atoms with Crippen molar-refractivity contribution >= 4 is 34.8 Å². The second-order valence-corrected chi connectivity index (χ2v) is 5.79. The van der Waals surface area contributed by atoms with Crippen molar-refractivity contribution in [2.75, 3.05) is 17.2 Å². The summed E-state index contributed by atoms with van der Waals surface area (Å²) in [6.07, 6.45) is 1.27. The van der Waals surface area contributed by atoms with Gasteiger partial charge in [-0.3, -0.25) is 4.79 Å². The predicted octanol–water partition coefficient (Wildman–Crippen LogP) is 3.30. The number of carbonyl (C=O) groups excluding carboxylic acids is 1. The summed E-state index contributed by atoms with van der Waals surface area (Å²) in [5, 5.41) is 14.5. The fourth-order valence-electron chi connectivity index (χ4n) is 2.28. The molecule has 1 aromatic carbocycles. The summed E-state index contributed by atoms with van der Waals surface area (Å²) in [7, 11) is 0. The molecule has 2 heterocycles. The summed E-state index contributed by atoms with van der Waals surface area (Å²) in [4.78, 5) is 11.9. The van der Waals surface area contributed by atoms with E-state index in [4.69, 9.17) is 16.3 Å². The number of anilines is 3. The minimum absolute atomic E-state index is 0.178. The molecule has 1 fully saturated rings. The molecule has 3 rings (SSSR count). The number of ether oxygens (including phenoxy) is 1. The molecule has 0 saturated carbocycles. The largest absolute Gasteiger partial charge is 0.368 e. The Hall–Kier alpha value is -2.18.